The standard InChI is InChI=1S/C17H23F3N2.2ClH/c18-17(19,20)15-7-5-14(6-8-15)16(13-3-1-2-4-13)22-11-9-21-10-12-22;;/h5-8,13,16,21H,1-4,9-12H2;2*1H/t16-;;/m1../s1. The molecule has 0 unspecified atom stereocenters. The molecule has 0 amide bonds. The summed E-state index contributed by atoms with van der Waals surface area (Å²) in [6, 6.07) is 6.12. The first kappa shape index (κ1) is 21.6. The molecule has 1 saturated carbocycles. The maximum Gasteiger partial charge on any atom is 0.416 e. The Bertz CT molecular complexity index is 482. The minimum Gasteiger partial charge on any atom is -0.314 e. The smallest absolute Gasteiger partial charge is 0.314 e. The topological polar surface area (TPSA) is 15.3 Å². The predicted octanol–water partition coefficient (Wildman–Crippen LogP) is 4.69. The van der Waals surface area contributed by atoms with Crippen LogP contribution in [-0.4, -0.2) is 31.1 Å². The van der Waals surface area contributed by atoms with E-state index in [1.807, 2.05) is 0 Å². The molecule has 1 aliphatic carbocycles. The molecule has 2 aliphatic rings. The van der Waals surface area contributed by atoms with E-state index in [0.717, 1.165) is 31.7 Å². The molecule has 1 heterocycles. The summed E-state index contributed by atoms with van der Waals surface area (Å²) < 4.78 is 38.3. The van der Waals surface area contributed by atoms with Gasteiger partial charge in [0, 0.05) is 32.2 Å². The zero-order chi connectivity index (χ0) is 15.6. The molecule has 2 nitrogen and oxygen atoms in total. The lowest BCUT2D eigenvalue weighted by Crippen LogP contribution is -2.46. The maximum atomic E-state index is 12.8. The van der Waals surface area contributed by atoms with Crippen LogP contribution in [0.1, 0.15) is 42.9 Å². The lowest BCUT2D eigenvalue weighted by molar-refractivity contribution is -0.137. The van der Waals surface area contributed by atoms with Crippen molar-refractivity contribution >= 4 is 24.8 Å². The van der Waals surface area contributed by atoms with Crippen molar-refractivity contribution in [1.29, 1.82) is 0 Å². The Morgan fingerprint density at radius 3 is 2.00 bits per heavy atom. The van der Waals surface area contributed by atoms with Crippen LogP contribution in [0.3, 0.4) is 0 Å². The lowest BCUT2D eigenvalue weighted by atomic mass is 9.89. The van der Waals surface area contributed by atoms with Crippen LogP contribution in [0.15, 0.2) is 24.3 Å². The average molecular weight is 385 g/mol. The molecule has 7 heteroatoms. The molecule has 2 fully saturated rings. The second-order valence-electron chi connectivity index (χ2n) is 6.40. The van der Waals surface area contributed by atoms with Gasteiger partial charge in [0.05, 0.1) is 5.56 Å². The highest BCUT2D eigenvalue weighted by molar-refractivity contribution is 5.85. The van der Waals surface area contributed by atoms with Crippen molar-refractivity contribution < 1.29 is 13.2 Å². The van der Waals surface area contributed by atoms with Crippen molar-refractivity contribution in [2.75, 3.05) is 26.2 Å². The number of hydrogen-bond acceptors (Lipinski definition) is 2. The number of hydrogen-bond donors (Lipinski definition) is 1. The van der Waals surface area contributed by atoms with Crippen LogP contribution in [0.4, 0.5) is 13.2 Å². The Kier molecular flexibility index (Phi) is 8.33. The Labute approximate surface area is 154 Å². The van der Waals surface area contributed by atoms with E-state index in [1.54, 1.807) is 12.1 Å². The van der Waals surface area contributed by atoms with Gasteiger partial charge in [-0.05, 0) is 36.5 Å². The fraction of sp³-hybridized carbons (Fsp3) is 0.647. The summed E-state index contributed by atoms with van der Waals surface area (Å²) in [4.78, 5) is 2.45. The molecular formula is C17H25Cl2F3N2. The third-order valence-corrected chi connectivity index (χ3v) is 4.97. The van der Waals surface area contributed by atoms with Crippen molar-refractivity contribution in [3.05, 3.63) is 35.4 Å². The highest BCUT2D eigenvalue weighted by Gasteiger charge is 2.34. The number of alkyl halides is 3. The van der Waals surface area contributed by atoms with Gasteiger partial charge in [0.2, 0.25) is 0 Å². The van der Waals surface area contributed by atoms with Gasteiger partial charge in [-0.25, -0.2) is 0 Å². The minimum atomic E-state index is -4.25. The molecule has 1 atom stereocenters. The van der Waals surface area contributed by atoms with Crippen molar-refractivity contribution in [2.24, 2.45) is 5.92 Å². The fourth-order valence-electron chi connectivity index (χ4n) is 3.88. The predicted molar refractivity (Wildman–Crippen MR) is 95.1 cm³/mol. The molecule has 1 saturated heterocycles. The third-order valence-electron chi connectivity index (χ3n) is 4.97. The van der Waals surface area contributed by atoms with E-state index in [9.17, 15) is 13.2 Å². The van der Waals surface area contributed by atoms with Crippen LogP contribution < -0.4 is 5.32 Å². The largest absolute Gasteiger partial charge is 0.416 e. The van der Waals surface area contributed by atoms with Gasteiger partial charge in [-0.3, -0.25) is 4.90 Å². The summed E-state index contributed by atoms with van der Waals surface area (Å²) in [5.74, 6) is 0.579. The highest BCUT2D eigenvalue weighted by Crippen LogP contribution is 2.40. The second kappa shape index (κ2) is 9.27. The molecule has 1 aromatic carbocycles. The van der Waals surface area contributed by atoms with Crippen LogP contribution in [-0.2, 0) is 6.18 Å². The summed E-state index contributed by atoms with van der Waals surface area (Å²) in [5, 5.41) is 3.35. The van der Waals surface area contributed by atoms with Crippen LogP contribution in [0.25, 0.3) is 0 Å². The summed E-state index contributed by atoms with van der Waals surface area (Å²) in [7, 11) is 0. The number of benzene rings is 1. The third kappa shape index (κ3) is 5.01. The average Bonchev–Trinajstić information content (AvgIpc) is 3.02. The van der Waals surface area contributed by atoms with E-state index >= 15 is 0 Å². The van der Waals surface area contributed by atoms with Crippen LogP contribution in [0, 0.1) is 5.92 Å². The zero-order valence-electron chi connectivity index (χ0n) is 13.5. The summed E-state index contributed by atoms with van der Waals surface area (Å²) in [6.45, 7) is 3.87. The van der Waals surface area contributed by atoms with Gasteiger partial charge in [0.15, 0.2) is 0 Å². The van der Waals surface area contributed by atoms with Gasteiger partial charge in [0.25, 0.3) is 0 Å². The Morgan fingerprint density at radius 1 is 0.958 bits per heavy atom. The molecule has 1 aliphatic heterocycles. The number of halogens is 5. The monoisotopic (exact) mass is 384 g/mol. The van der Waals surface area contributed by atoms with Gasteiger partial charge in [-0.15, -0.1) is 24.8 Å². The van der Waals surface area contributed by atoms with E-state index in [-0.39, 0.29) is 30.9 Å². The zero-order valence-corrected chi connectivity index (χ0v) is 15.2. The molecule has 0 radical (unpaired) electrons. The van der Waals surface area contributed by atoms with E-state index in [2.05, 4.69) is 10.2 Å². The fourth-order valence-corrected chi connectivity index (χ4v) is 3.88. The number of nitrogens with zero attached hydrogens (tertiary/aromatic N) is 1. The number of piperazine rings is 1. The molecule has 0 spiro atoms. The highest BCUT2D eigenvalue weighted by atomic mass is 35.5. The van der Waals surface area contributed by atoms with Gasteiger partial charge < -0.3 is 5.32 Å². The maximum absolute atomic E-state index is 12.8. The van der Waals surface area contributed by atoms with Crippen LogP contribution in [0.2, 0.25) is 0 Å². The molecule has 1 N–H and O–H groups in total. The molecular weight excluding hydrogens is 360 g/mol. The molecule has 3 rings (SSSR count). The molecule has 0 aromatic heterocycles. The van der Waals surface area contributed by atoms with Crippen molar-refractivity contribution in [3.8, 4) is 0 Å². The van der Waals surface area contributed by atoms with Gasteiger partial charge in [-0.1, -0.05) is 25.0 Å². The van der Waals surface area contributed by atoms with Crippen molar-refractivity contribution in [2.45, 2.75) is 37.9 Å². The van der Waals surface area contributed by atoms with E-state index in [1.165, 1.54) is 37.8 Å². The lowest BCUT2D eigenvalue weighted by Gasteiger charge is -2.38. The van der Waals surface area contributed by atoms with E-state index < -0.39 is 11.7 Å². The number of nitrogens with one attached hydrogen (secondary N) is 1. The van der Waals surface area contributed by atoms with Gasteiger partial charge in [0.1, 0.15) is 0 Å². The Balaban J connectivity index is 0.00000144. The first-order valence-corrected chi connectivity index (χ1v) is 8.17. The number of rotatable bonds is 3. The first-order valence-electron chi connectivity index (χ1n) is 8.17. The van der Waals surface area contributed by atoms with E-state index in [0.29, 0.717) is 5.92 Å². The summed E-state index contributed by atoms with van der Waals surface area (Å²) in [6.07, 6.45) is 0.615. The molecule has 24 heavy (non-hydrogen) atoms. The first-order chi connectivity index (χ1) is 10.6. The Hall–Kier alpha value is -0.490. The minimum absolute atomic E-state index is 0. The van der Waals surface area contributed by atoms with Crippen molar-refractivity contribution in [1.82, 2.24) is 10.2 Å². The molecule has 1 aromatic rings. The van der Waals surface area contributed by atoms with Gasteiger partial charge in [-0.2, -0.15) is 13.2 Å². The quantitative estimate of drug-likeness (QED) is 0.813. The van der Waals surface area contributed by atoms with Gasteiger partial charge >= 0.3 is 6.18 Å². The summed E-state index contributed by atoms with van der Waals surface area (Å²) >= 11 is 0. The SMILES string of the molecule is Cl.Cl.FC(F)(F)c1ccc([C@@H](C2CCCC2)N2CCNCC2)cc1. The van der Waals surface area contributed by atoms with Crippen LogP contribution in [0.5, 0.6) is 0 Å². The molecule has 138 valence electrons. The van der Waals surface area contributed by atoms with Crippen molar-refractivity contribution in [3.63, 3.8) is 0 Å². The second-order valence-corrected chi connectivity index (χ2v) is 6.40. The summed E-state index contributed by atoms with van der Waals surface area (Å²) in [5.41, 5.74) is 0.489. The van der Waals surface area contributed by atoms with E-state index in [4.69, 9.17) is 0 Å². The Morgan fingerprint density at radius 2 is 1.50 bits per heavy atom. The normalized spacial score (nSPS) is 21.0. The molecule has 0 bridgehead atoms. The van der Waals surface area contributed by atoms with Crippen LogP contribution >= 0.6 is 24.8 Å².